The molecule has 0 aliphatic carbocycles. The lowest BCUT2D eigenvalue weighted by atomic mass is 10.4. The second kappa shape index (κ2) is 10.2. The van der Waals surface area contributed by atoms with E-state index in [1.54, 1.807) is 11.8 Å². The molecule has 25 heavy (non-hydrogen) atoms. The fraction of sp³-hybridized carbons (Fsp3) is 0.375. The van der Waals surface area contributed by atoms with Crippen molar-refractivity contribution in [1.29, 1.82) is 0 Å². The smallest absolute Gasteiger partial charge is 0.319 e. The molecule has 0 fully saturated rings. The summed E-state index contributed by atoms with van der Waals surface area (Å²) in [4.78, 5) is 9.36. The normalized spacial score (nSPS) is 11.8. The molecule has 0 saturated heterocycles. The fourth-order valence-electron chi connectivity index (χ4n) is 2.00. The SMILES string of the molecule is CCNC(=NCc1nccn1C(F)F)NCCSc1ccc(Cl)cc1. The summed E-state index contributed by atoms with van der Waals surface area (Å²) >= 11 is 7.55. The van der Waals surface area contributed by atoms with Crippen LogP contribution in [0.4, 0.5) is 8.78 Å². The second-order valence-corrected chi connectivity index (χ2v) is 6.56. The van der Waals surface area contributed by atoms with Gasteiger partial charge in [-0.2, -0.15) is 8.78 Å². The van der Waals surface area contributed by atoms with E-state index in [2.05, 4.69) is 20.6 Å². The zero-order valence-corrected chi connectivity index (χ0v) is 15.3. The largest absolute Gasteiger partial charge is 0.357 e. The van der Waals surface area contributed by atoms with Crippen LogP contribution in [0, 0.1) is 0 Å². The highest BCUT2D eigenvalue weighted by Crippen LogP contribution is 2.19. The van der Waals surface area contributed by atoms with Gasteiger partial charge in [-0.15, -0.1) is 11.8 Å². The Morgan fingerprint density at radius 2 is 2.08 bits per heavy atom. The molecule has 0 atom stereocenters. The molecule has 2 aromatic rings. The van der Waals surface area contributed by atoms with E-state index in [9.17, 15) is 8.78 Å². The van der Waals surface area contributed by atoms with E-state index in [0.717, 1.165) is 15.2 Å². The summed E-state index contributed by atoms with van der Waals surface area (Å²) in [5.74, 6) is 1.63. The molecule has 0 radical (unpaired) electrons. The van der Waals surface area contributed by atoms with E-state index < -0.39 is 6.55 Å². The van der Waals surface area contributed by atoms with Crippen LogP contribution in [0.25, 0.3) is 0 Å². The van der Waals surface area contributed by atoms with Crippen LogP contribution in [0.1, 0.15) is 19.3 Å². The monoisotopic (exact) mass is 387 g/mol. The first-order chi connectivity index (χ1) is 12.1. The van der Waals surface area contributed by atoms with Gasteiger partial charge in [0.05, 0.1) is 0 Å². The van der Waals surface area contributed by atoms with Crippen LogP contribution >= 0.6 is 23.4 Å². The molecule has 0 saturated carbocycles. The molecule has 1 aromatic heterocycles. The number of hydrogen-bond donors (Lipinski definition) is 2. The predicted molar refractivity (Wildman–Crippen MR) is 98.5 cm³/mol. The molecule has 2 rings (SSSR count). The van der Waals surface area contributed by atoms with Gasteiger partial charge < -0.3 is 10.6 Å². The van der Waals surface area contributed by atoms with Gasteiger partial charge in [-0.3, -0.25) is 4.57 Å². The number of alkyl halides is 2. The van der Waals surface area contributed by atoms with Crippen molar-refractivity contribution in [2.75, 3.05) is 18.8 Å². The minimum atomic E-state index is -2.61. The molecule has 136 valence electrons. The summed E-state index contributed by atoms with van der Waals surface area (Å²) in [7, 11) is 0. The van der Waals surface area contributed by atoms with Crippen molar-refractivity contribution < 1.29 is 8.78 Å². The van der Waals surface area contributed by atoms with Gasteiger partial charge in [-0.05, 0) is 31.2 Å². The third-order valence-electron chi connectivity index (χ3n) is 3.16. The van der Waals surface area contributed by atoms with Crippen molar-refractivity contribution in [1.82, 2.24) is 20.2 Å². The lowest BCUT2D eigenvalue weighted by Crippen LogP contribution is -2.38. The number of nitrogens with zero attached hydrogens (tertiary/aromatic N) is 3. The van der Waals surface area contributed by atoms with Crippen LogP contribution in [0.3, 0.4) is 0 Å². The lowest BCUT2D eigenvalue weighted by Gasteiger charge is -2.11. The standard InChI is InChI=1S/C16H20ClF2N5S/c1-2-20-16(23-11-14-21-7-9-24(14)15(18)19)22-8-10-25-13-5-3-12(17)4-6-13/h3-7,9,15H,2,8,10-11H2,1H3,(H2,20,22,23). The average molecular weight is 388 g/mol. The van der Waals surface area contributed by atoms with Gasteiger partial charge in [0.15, 0.2) is 5.96 Å². The van der Waals surface area contributed by atoms with Crippen molar-refractivity contribution in [3.05, 3.63) is 47.5 Å². The Hall–Kier alpha value is -1.80. The number of aromatic nitrogens is 2. The van der Waals surface area contributed by atoms with Gasteiger partial charge in [-0.25, -0.2) is 9.98 Å². The Labute approximate surface area is 154 Å². The van der Waals surface area contributed by atoms with Crippen LogP contribution in [-0.2, 0) is 6.54 Å². The van der Waals surface area contributed by atoms with Crippen molar-refractivity contribution in [3.8, 4) is 0 Å². The maximum atomic E-state index is 12.8. The maximum Gasteiger partial charge on any atom is 0.319 e. The Kier molecular flexibility index (Phi) is 8.00. The molecule has 2 N–H and O–H groups in total. The van der Waals surface area contributed by atoms with Crippen molar-refractivity contribution in [2.45, 2.75) is 24.9 Å². The Morgan fingerprint density at radius 1 is 1.32 bits per heavy atom. The molecular formula is C16H20ClF2N5S. The van der Waals surface area contributed by atoms with Crippen molar-refractivity contribution in [2.24, 2.45) is 4.99 Å². The average Bonchev–Trinajstić information content (AvgIpc) is 3.07. The van der Waals surface area contributed by atoms with Crippen molar-refractivity contribution >= 4 is 29.3 Å². The third kappa shape index (κ3) is 6.55. The summed E-state index contributed by atoms with van der Waals surface area (Å²) in [6, 6.07) is 7.65. The molecule has 0 unspecified atom stereocenters. The van der Waals surface area contributed by atoms with Gasteiger partial charge in [0.2, 0.25) is 0 Å². The number of nitrogens with one attached hydrogen (secondary N) is 2. The van der Waals surface area contributed by atoms with E-state index in [0.29, 0.717) is 24.1 Å². The van der Waals surface area contributed by atoms with Crippen molar-refractivity contribution in [3.63, 3.8) is 0 Å². The molecule has 0 aliphatic rings. The highest BCUT2D eigenvalue weighted by molar-refractivity contribution is 7.99. The van der Waals surface area contributed by atoms with Crippen LogP contribution in [0.2, 0.25) is 5.02 Å². The summed E-state index contributed by atoms with van der Waals surface area (Å²) in [6.07, 6.45) is 2.60. The molecule has 5 nitrogen and oxygen atoms in total. The minimum absolute atomic E-state index is 0.0804. The zero-order chi connectivity index (χ0) is 18.1. The molecule has 0 bridgehead atoms. The van der Waals surface area contributed by atoms with Crippen LogP contribution in [0.5, 0.6) is 0 Å². The first-order valence-corrected chi connectivity index (χ1v) is 9.17. The van der Waals surface area contributed by atoms with Gasteiger partial charge in [0.25, 0.3) is 0 Å². The van der Waals surface area contributed by atoms with E-state index >= 15 is 0 Å². The van der Waals surface area contributed by atoms with E-state index in [1.165, 1.54) is 12.4 Å². The Bertz CT molecular complexity index is 675. The van der Waals surface area contributed by atoms with Crippen LogP contribution < -0.4 is 10.6 Å². The van der Waals surface area contributed by atoms with E-state index in [-0.39, 0.29) is 12.4 Å². The molecule has 1 aromatic carbocycles. The van der Waals surface area contributed by atoms with E-state index in [4.69, 9.17) is 11.6 Å². The predicted octanol–water partition coefficient (Wildman–Crippen LogP) is 3.78. The Balaban J connectivity index is 1.83. The van der Waals surface area contributed by atoms with Crippen LogP contribution in [0.15, 0.2) is 46.5 Å². The number of imidazole rings is 1. The molecule has 1 heterocycles. The molecule has 9 heteroatoms. The summed E-state index contributed by atoms with van der Waals surface area (Å²) in [6.45, 7) is 0.776. The number of hydrogen-bond acceptors (Lipinski definition) is 3. The number of benzene rings is 1. The number of rotatable bonds is 8. The molecule has 0 aliphatic heterocycles. The van der Waals surface area contributed by atoms with Gasteiger partial charge in [0.1, 0.15) is 12.4 Å². The quantitative estimate of drug-likeness (QED) is 0.313. The second-order valence-electron chi connectivity index (χ2n) is 4.95. The first kappa shape index (κ1) is 19.5. The first-order valence-electron chi connectivity index (χ1n) is 7.80. The molecular weight excluding hydrogens is 368 g/mol. The van der Waals surface area contributed by atoms with Gasteiger partial charge in [0, 0.05) is 41.2 Å². The van der Waals surface area contributed by atoms with Gasteiger partial charge >= 0.3 is 6.55 Å². The number of aliphatic imine (C=N–C) groups is 1. The molecule has 0 amide bonds. The molecule has 0 spiro atoms. The third-order valence-corrected chi connectivity index (χ3v) is 4.42. The zero-order valence-electron chi connectivity index (χ0n) is 13.8. The fourth-order valence-corrected chi connectivity index (χ4v) is 2.90. The maximum absolute atomic E-state index is 12.8. The van der Waals surface area contributed by atoms with Gasteiger partial charge in [-0.1, -0.05) is 11.6 Å². The summed E-state index contributed by atoms with van der Waals surface area (Å²) in [5, 5.41) is 6.98. The number of guanidine groups is 1. The van der Waals surface area contributed by atoms with E-state index in [1.807, 2.05) is 31.2 Å². The summed E-state index contributed by atoms with van der Waals surface area (Å²) in [5.41, 5.74) is 0. The lowest BCUT2D eigenvalue weighted by molar-refractivity contribution is 0.0671. The number of thioether (sulfide) groups is 1. The Morgan fingerprint density at radius 3 is 2.76 bits per heavy atom. The number of halogens is 3. The highest BCUT2D eigenvalue weighted by atomic mass is 35.5. The minimum Gasteiger partial charge on any atom is -0.357 e. The highest BCUT2D eigenvalue weighted by Gasteiger charge is 2.10. The van der Waals surface area contributed by atoms with Crippen LogP contribution in [-0.4, -0.2) is 34.4 Å². The summed E-state index contributed by atoms with van der Waals surface area (Å²) < 4.78 is 26.4. The topological polar surface area (TPSA) is 54.2 Å².